The quantitative estimate of drug-likeness (QED) is 0.549. The van der Waals surface area contributed by atoms with E-state index in [4.69, 9.17) is 9.47 Å². The molecule has 2 aliphatic heterocycles. The van der Waals surface area contributed by atoms with Gasteiger partial charge in [0.1, 0.15) is 24.1 Å². The standard InChI is InChI=1S/C21H20FNO4S/c22-16-8-4-5-9-18(16)26-12-13-27-20(25)17-14-28-21(11-10-19(24)23(17)21)15-6-2-1-3-7-15/h1-9,17H,10-14H2/t17-,21+/m0/s1. The van der Waals surface area contributed by atoms with Crippen LogP contribution in [-0.4, -0.2) is 41.8 Å². The molecule has 0 radical (unpaired) electrons. The highest BCUT2D eigenvalue weighted by Crippen LogP contribution is 2.54. The molecule has 4 rings (SSSR count). The minimum absolute atomic E-state index is 0.00526. The summed E-state index contributed by atoms with van der Waals surface area (Å²) in [5, 5.41) is 0. The number of hydrogen-bond donors (Lipinski definition) is 0. The van der Waals surface area contributed by atoms with Gasteiger partial charge in [0, 0.05) is 12.2 Å². The van der Waals surface area contributed by atoms with Crippen LogP contribution in [0.4, 0.5) is 4.39 Å². The summed E-state index contributed by atoms with van der Waals surface area (Å²) in [5.41, 5.74) is 1.03. The van der Waals surface area contributed by atoms with Gasteiger partial charge < -0.3 is 14.4 Å². The highest BCUT2D eigenvalue weighted by Gasteiger charge is 2.57. The SMILES string of the molecule is O=C(OCCOc1ccccc1F)[C@@H]1CS[C@@]2(c3ccccc3)CCC(=O)N12. The van der Waals surface area contributed by atoms with Crippen LogP contribution in [0.15, 0.2) is 54.6 Å². The second-order valence-electron chi connectivity index (χ2n) is 6.69. The summed E-state index contributed by atoms with van der Waals surface area (Å²) >= 11 is 1.62. The van der Waals surface area contributed by atoms with E-state index in [1.54, 1.807) is 28.8 Å². The van der Waals surface area contributed by atoms with Crippen molar-refractivity contribution in [3.63, 3.8) is 0 Å². The van der Waals surface area contributed by atoms with E-state index in [0.717, 1.165) is 5.56 Å². The second-order valence-corrected chi connectivity index (χ2v) is 7.98. The number of carbonyl (C=O) groups is 2. The summed E-state index contributed by atoms with van der Waals surface area (Å²) in [6, 6.07) is 15.3. The van der Waals surface area contributed by atoms with Crippen molar-refractivity contribution in [2.24, 2.45) is 0 Å². The maximum absolute atomic E-state index is 13.5. The molecule has 2 aromatic rings. The van der Waals surface area contributed by atoms with Gasteiger partial charge in [-0.15, -0.1) is 11.8 Å². The van der Waals surface area contributed by atoms with Crippen LogP contribution in [0.5, 0.6) is 5.75 Å². The zero-order valence-electron chi connectivity index (χ0n) is 15.2. The monoisotopic (exact) mass is 401 g/mol. The molecule has 2 saturated heterocycles. The molecular formula is C21H20FNO4S. The molecule has 0 N–H and O–H groups in total. The minimum atomic E-state index is -0.617. The van der Waals surface area contributed by atoms with E-state index in [-0.39, 0.29) is 24.9 Å². The zero-order valence-corrected chi connectivity index (χ0v) is 16.0. The van der Waals surface area contributed by atoms with Crippen LogP contribution in [0.2, 0.25) is 0 Å². The molecule has 0 aromatic heterocycles. The molecule has 0 aliphatic carbocycles. The number of halogens is 1. The zero-order chi connectivity index (χ0) is 19.6. The Hall–Kier alpha value is -2.54. The largest absolute Gasteiger partial charge is 0.487 e. The summed E-state index contributed by atoms with van der Waals surface area (Å²) in [4.78, 5) is 26.4. The van der Waals surface area contributed by atoms with Gasteiger partial charge in [0.15, 0.2) is 11.6 Å². The Labute approximate surface area is 166 Å². The van der Waals surface area contributed by atoms with Crippen molar-refractivity contribution in [2.75, 3.05) is 19.0 Å². The molecule has 2 aliphatic rings. The van der Waals surface area contributed by atoms with E-state index in [1.807, 2.05) is 30.3 Å². The Morgan fingerprint density at radius 3 is 2.68 bits per heavy atom. The molecule has 28 heavy (non-hydrogen) atoms. The second kappa shape index (κ2) is 7.83. The number of benzene rings is 2. The lowest BCUT2D eigenvalue weighted by Gasteiger charge is -2.33. The first-order valence-electron chi connectivity index (χ1n) is 9.17. The van der Waals surface area contributed by atoms with Crippen LogP contribution in [0.1, 0.15) is 18.4 Å². The molecule has 0 spiro atoms. The Bertz CT molecular complexity index is 878. The van der Waals surface area contributed by atoms with Gasteiger partial charge in [0.05, 0.1) is 0 Å². The van der Waals surface area contributed by atoms with Crippen molar-refractivity contribution < 1.29 is 23.5 Å². The Morgan fingerprint density at radius 1 is 1.14 bits per heavy atom. The number of ether oxygens (including phenoxy) is 2. The van der Waals surface area contributed by atoms with Crippen molar-refractivity contribution in [2.45, 2.75) is 23.8 Å². The Kier molecular flexibility index (Phi) is 5.26. The topological polar surface area (TPSA) is 55.8 Å². The van der Waals surface area contributed by atoms with E-state index in [2.05, 4.69) is 0 Å². The van der Waals surface area contributed by atoms with Crippen molar-refractivity contribution >= 4 is 23.6 Å². The van der Waals surface area contributed by atoms with E-state index in [0.29, 0.717) is 18.6 Å². The van der Waals surface area contributed by atoms with Crippen LogP contribution in [0, 0.1) is 5.82 Å². The molecule has 2 aromatic carbocycles. The highest BCUT2D eigenvalue weighted by molar-refractivity contribution is 8.00. The van der Waals surface area contributed by atoms with Crippen LogP contribution in [-0.2, 0) is 19.2 Å². The van der Waals surface area contributed by atoms with E-state index < -0.39 is 22.7 Å². The maximum Gasteiger partial charge on any atom is 0.329 e. The van der Waals surface area contributed by atoms with Gasteiger partial charge in [0.2, 0.25) is 5.91 Å². The number of amides is 1. The number of esters is 1. The first kappa shape index (κ1) is 18.8. The molecule has 1 amide bonds. The third kappa shape index (κ3) is 3.35. The number of fused-ring (bicyclic) bond motifs is 1. The normalized spacial score (nSPS) is 23.5. The van der Waals surface area contributed by atoms with Crippen LogP contribution in [0.3, 0.4) is 0 Å². The van der Waals surface area contributed by atoms with Gasteiger partial charge in [-0.25, -0.2) is 9.18 Å². The van der Waals surface area contributed by atoms with E-state index in [9.17, 15) is 14.0 Å². The molecule has 0 unspecified atom stereocenters. The van der Waals surface area contributed by atoms with Gasteiger partial charge in [-0.2, -0.15) is 0 Å². The third-order valence-corrected chi connectivity index (χ3v) is 6.64. The summed E-state index contributed by atoms with van der Waals surface area (Å²) in [6.07, 6.45) is 1.10. The van der Waals surface area contributed by atoms with E-state index in [1.165, 1.54) is 12.1 Å². The average Bonchev–Trinajstić information content (AvgIpc) is 3.26. The molecule has 0 bridgehead atoms. The molecule has 2 atom stereocenters. The predicted octanol–water partition coefficient (Wildman–Crippen LogP) is 3.34. The summed E-state index contributed by atoms with van der Waals surface area (Å²) in [6.45, 7) is 0.0407. The first-order valence-corrected chi connectivity index (χ1v) is 10.2. The third-order valence-electron chi connectivity index (χ3n) is 5.05. The van der Waals surface area contributed by atoms with Crippen molar-refractivity contribution in [3.05, 3.63) is 66.0 Å². The molecule has 146 valence electrons. The lowest BCUT2D eigenvalue weighted by molar-refractivity contribution is -0.154. The van der Waals surface area contributed by atoms with Gasteiger partial charge in [-0.05, 0) is 24.1 Å². The summed E-state index contributed by atoms with van der Waals surface area (Å²) in [7, 11) is 0. The molecule has 2 heterocycles. The number of para-hydroxylation sites is 1. The number of nitrogens with zero attached hydrogens (tertiary/aromatic N) is 1. The summed E-state index contributed by atoms with van der Waals surface area (Å²) < 4.78 is 24.2. The van der Waals surface area contributed by atoms with Crippen molar-refractivity contribution in [3.8, 4) is 5.75 Å². The van der Waals surface area contributed by atoms with Gasteiger partial charge in [-0.1, -0.05) is 42.5 Å². The van der Waals surface area contributed by atoms with Crippen molar-refractivity contribution in [1.82, 2.24) is 4.90 Å². The molecular weight excluding hydrogens is 381 g/mol. The van der Waals surface area contributed by atoms with Crippen molar-refractivity contribution in [1.29, 1.82) is 0 Å². The van der Waals surface area contributed by atoms with Gasteiger partial charge in [0.25, 0.3) is 0 Å². The smallest absolute Gasteiger partial charge is 0.329 e. The predicted molar refractivity (Wildman–Crippen MR) is 103 cm³/mol. The van der Waals surface area contributed by atoms with E-state index >= 15 is 0 Å². The number of thioether (sulfide) groups is 1. The fourth-order valence-corrected chi connectivity index (χ4v) is 5.40. The fraction of sp³-hybridized carbons (Fsp3) is 0.333. The van der Waals surface area contributed by atoms with Crippen LogP contribution in [0.25, 0.3) is 0 Å². The Morgan fingerprint density at radius 2 is 1.89 bits per heavy atom. The highest BCUT2D eigenvalue weighted by atomic mass is 32.2. The van der Waals surface area contributed by atoms with Crippen LogP contribution < -0.4 is 4.74 Å². The summed E-state index contributed by atoms with van der Waals surface area (Å²) in [5.74, 6) is -0.326. The number of rotatable bonds is 6. The van der Waals surface area contributed by atoms with Crippen LogP contribution >= 0.6 is 11.8 Å². The fourth-order valence-electron chi connectivity index (χ4n) is 3.77. The average molecular weight is 401 g/mol. The van der Waals surface area contributed by atoms with Gasteiger partial charge in [-0.3, -0.25) is 4.79 Å². The minimum Gasteiger partial charge on any atom is -0.487 e. The lowest BCUT2D eigenvalue weighted by atomic mass is 10.0. The number of hydrogen-bond acceptors (Lipinski definition) is 5. The Balaban J connectivity index is 1.38. The molecule has 0 saturated carbocycles. The maximum atomic E-state index is 13.5. The molecule has 2 fully saturated rings. The van der Waals surface area contributed by atoms with Gasteiger partial charge >= 0.3 is 5.97 Å². The lowest BCUT2D eigenvalue weighted by Crippen LogP contribution is -2.46. The first-order chi connectivity index (χ1) is 13.6. The molecule has 5 nitrogen and oxygen atoms in total. The molecule has 7 heteroatoms. The number of carbonyl (C=O) groups excluding carboxylic acids is 2.